The van der Waals surface area contributed by atoms with Gasteiger partial charge in [-0.3, -0.25) is 4.79 Å². The van der Waals surface area contributed by atoms with Crippen LogP contribution in [0.1, 0.15) is 27.6 Å². The van der Waals surface area contributed by atoms with Crippen LogP contribution in [0.3, 0.4) is 0 Å². The molecule has 1 N–H and O–H groups in total. The number of hydrogen-bond donors (Lipinski definition) is 1. The van der Waals surface area contributed by atoms with Crippen molar-refractivity contribution in [2.24, 2.45) is 0 Å². The Morgan fingerprint density at radius 1 is 1.38 bits per heavy atom. The second-order valence-electron chi connectivity index (χ2n) is 3.97. The van der Waals surface area contributed by atoms with Gasteiger partial charge < -0.3 is 10.1 Å². The molecule has 0 saturated heterocycles. The van der Waals surface area contributed by atoms with E-state index in [0.29, 0.717) is 25.6 Å². The Bertz CT molecular complexity index is 687. The number of carbonyl (C=O) groups excluding carboxylic acids is 2. The molecule has 0 radical (unpaired) electrons. The van der Waals surface area contributed by atoms with Gasteiger partial charge in [-0.15, -0.1) is 11.3 Å². The van der Waals surface area contributed by atoms with Gasteiger partial charge in [-0.05, 0) is 52.5 Å². The van der Waals surface area contributed by atoms with E-state index >= 15 is 0 Å². The van der Waals surface area contributed by atoms with E-state index in [2.05, 4.69) is 21.2 Å². The lowest BCUT2D eigenvalue weighted by molar-refractivity contribution is 0.0528. The van der Waals surface area contributed by atoms with Crippen molar-refractivity contribution in [3.05, 3.63) is 50.3 Å². The number of anilines is 1. The highest BCUT2D eigenvalue weighted by atomic mass is 79.9. The quantitative estimate of drug-likeness (QED) is 0.779. The number of amides is 1. The van der Waals surface area contributed by atoms with Gasteiger partial charge >= 0.3 is 5.97 Å². The van der Waals surface area contributed by atoms with Crippen molar-refractivity contribution in [1.82, 2.24) is 0 Å². The van der Waals surface area contributed by atoms with Crippen molar-refractivity contribution in [2.45, 2.75) is 6.92 Å². The molecule has 110 valence electrons. The normalized spacial score (nSPS) is 10.2. The number of hydrogen-bond acceptors (Lipinski definition) is 4. The van der Waals surface area contributed by atoms with Gasteiger partial charge in [0.25, 0.3) is 5.91 Å². The smallest absolute Gasteiger partial charge is 0.341 e. The Hall–Kier alpha value is -1.37. The third-order valence-electron chi connectivity index (χ3n) is 2.57. The molecule has 0 aliphatic heterocycles. The molecule has 1 heterocycles. The molecule has 0 atom stereocenters. The zero-order chi connectivity index (χ0) is 15.4. The van der Waals surface area contributed by atoms with Crippen LogP contribution >= 0.6 is 38.9 Å². The van der Waals surface area contributed by atoms with E-state index in [4.69, 9.17) is 16.3 Å². The molecule has 7 heteroatoms. The second-order valence-corrected chi connectivity index (χ2v) is 6.14. The molecule has 0 aliphatic rings. The van der Waals surface area contributed by atoms with Crippen LogP contribution in [-0.4, -0.2) is 18.5 Å². The van der Waals surface area contributed by atoms with Crippen molar-refractivity contribution in [3.8, 4) is 0 Å². The van der Waals surface area contributed by atoms with Gasteiger partial charge in [0.2, 0.25) is 0 Å². The van der Waals surface area contributed by atoms with Gasteiger partial charge in [-0.1, -0.05) is 11.6 Å². The van der Waals surface area contributed by atoms with Crippen LogP contribution in [0.15, 0.2) is 34.1 Å². The largest absolute Gasteiger partial charge is 0.462 e. The molecule has 0 fully saturated rings. The first-order chi connectivity index (χ1) is 10.0. The molecule has 2 aromatic rings. The topological polar surface area (TPSA) is 55.4 Å². The number of rotatable bonds is 4. The first kappa shape index (κ1) is 16.0. The summed E-state index contributed by atoms with van der Waals surface area (Å²) in [4.78, 5) is 23.9. The summed E-state index contributed by atoms with van der Waals surface area (Å²) in [5.74, 6) is -0.791. The molecule has 0 bridgehead atoms. The van der Waals surface area contributed by atoms with Crippen LogP contribution in [0, 0.1) is 0 Å². The summed E-state index contributed by atoms with van der Waals surface area (Å²) in [6.07, 6.45) is 0. The highest BCUT2D eigenvalue weighted by Gasteiger charge is 2.17. The highest BCUT2D eigenvalue weighted by Crippen LogP contribution is 2.26. The van der Waals surface area contributed by atoms with Crippen LogP contribution < -0.4 is 5.32 Å². The van der Waals surface area contributed by atoms with Crippen molar-refractivity contribution in [1.29, 1.82) is 0 Å². The lowest BCUT2D eigenvalue weighted by Gasteiger charge is -2.07. The van der Waals surface area contributed by atoms with Crippen LogP contribution in [0.25, 0.3) is 0 Å². The third kappa shape index (κ3) is 3.84. The molecule has 1 amide bonds. The summed E-state index contributed by atoms with van der Waals surface area (Å²) in [6.45, 7) is 2.01. The fourth-order valence-electron chi connectivity index (χ4n) is 1.59. The van der Waals surface area contributed by atoms with E-state index in [1.807, 2.05) is 0 Å². The third-order valence-corrected chi connectivity index (χ3v) is 4.63. The Morgan fingerprint density at radius 3 is 2.81 bits per heavy atom. The van der Waals surface area contributed by atoms with Gasteiger partial charge in [0.05, 0.1) is 17.2 Å². The van der Waals surface area contributed by atoms with Crippen LogP contribution in [0.5, 0.6) is 0 Å². The molecule has 1 aromatic carbocycles. The molecular weight excluding hydrogens is 378 g/mol. The molecule has 21 heavy (non-hydrogen) atoms. The minimum absolute atomic E-state index is 0.282. The standard InChI is InChI=1S/C14H11BrClNO3S/c1-2-20-14(19)9-5-6-21-13(9)17-12(18)8-3-4-10(15)11(16)7-8/h3-7H,2H2,1H3,(H,17,18). The molecule has 2 rings (SSSR count). The SMILES string of the molecule is CCOC(=O)c1ccsc1NC(=O)c1ccc(Br)c(Cl)c1. The van der Waals surface area contributed by atoms with Crippen LogP contribution in [-0.2, 0) is 4.74 Å². The average Bonchev–Trinajstić information content (AvgIpc) is 2.90. The van der Waals surface area contributed by atoms with E-state index < -0.39 is 5.97 Å². The zero-order valence-electron chi connectivity index (χ0n) is 11.0. The van der Waals surface area contributed by atoms with Crippen molar-refractivity contribution < 1.29 is 14.3 Å². The number of nitrogens with one attached hydrogen (secondary N) is 1. The summed E-state index contributed by atoms with van der Waals surface area (Å²) in [5, 5.41) is 5.32. The predicted octanol–water partition coefficient (Wildman–Crippen LogP) is 4.59. The first-order valence-corrected chi connectivity index (χ1v) is 8.09. The van der Waals surface area contributed by atoms with E-state index in [-0.39, 0.29) is 12.5 Å². The molecule has 0 aliphatic carbocycles. The lowest BCUT2D eigenvalue weighted by Crippen LogP contribution is -2.14. The predicted molar refractivity (Wildman–Crippen MR) is 87.4 cm³/mol. The maximum absolute atomic E-state index is 12.2. The number of benzene rings is 1. The van der Waals surface area contributed by atoms with Crippen molar-refractivity contribution >= 4 is 55.7 Å². The zero-order valence-corrected chi connectivity index (χ0v) is 14.1. The van der Waals surface area contributed by atoms with Gasteiger partial charge in [0, 0.05) is 10.0 Å². The monoisotopic (exact) mass is 387 g/mol. The van der Waals surface area contributed by atoms with E-state index in [0.717, 1.165) is 0 Å². The molecule has 0 saturated carbocycles. The van der Waals surface area contributed by atoms with Crippen molar-refractivity contribution in [3.63, 3.8) is 0 Å². The fraction of sp³-hybridized carbons (Fsp3) is 0.143. The van der Waals surface area contributed by atoms with Gasteiger partial charge in [0.1, 0.15) is 5.00 Å². The lowest BCUT2D eigenvalue weighted by atomic mass is 10.2. The second kappa shape index (κ2) is 7.06. The average molecular weight is 389 g/mol. The highest BCUT2D eigenvalue weighted by molar-refractivity contribution is 9.10. The first-order valence-electron chi connectivity index (χ1n) is 6.04. The number of esters is 1. The minimum atomic E-state index is -0.456. The number of thiophene rings is 1. The van der Waals surface area contributed by atoms with Gasteiger partial charge in [-0.2, -0.15) is 0 Å². The Kier molecular flexibility index (Phi) is 5.39. The Labute approximate surface area is 139 Å². The maximum Gasteiger partial charge on any atom is 0.341 e. The maximum atomic E-state index is 12.2. The summed E-state index contributed by atoms with van der Waals surface area (Å²) in [5.41, 5.74) is 0.754. The van der Waals surface area contributed by atoms with E-state index in [1.54, 1.807) is 36.6 Å². The van der Waals surface area contributed by atoms with Crippen LogP contribution in [0.2, 0.25) is 5.02 Å². The summed E-state index contributed by atoms with van der Waals surface area (Å²) >= 11 is 10.5. The molecule has 0 spiro atoms. The molecule has 1 aromatic heterocycles. The number of halogens is 2. The number of carbonyl (C=O) groups is 2. The van der Waals surface area contributed by atoms with Crippen molar-refractivity contribution in [2.75, 3.05) is 11.9 Å². The summed E-state index contributed by atoms with van der Waals surface area (Å²) in [6, 6.07) is 6.51. The Balaban J connectivity index is 2.18. The molecular formula is C14H11BrClNO3S. The number of ether oxygens (including phenoxy) is 1. The summed E-state index contributed by atoms with van der Waals surface area (Å²) < 4.78 is 5.65. The molecule has 4 nitrogen and oxygen atoms in total. The Morgan fingerprint density at radius 2 is 2.14 bits per heavy atom. The fourth-order valence-corrected chi connectivity index (χ4v) is 2.79. The van der Waals surface area contributed by atoms with E-state index in [9.17, 15) is 9.59 Å². The van der Waals surface area contributed by atoms with E-state index in [1.165, 1.54) is 11.3 Å². The van der Waals surface area contributed by atoms with Gasteiger partial charge in [-0.25, -0.2) is 4.79 Å². The summed E-state index contributed by atoms with van der Waals surface area (Å²) in [7, 11) is 0. The minimum Gasteiger partial charge on any atom is -0.462 e. The molecule has 0 unspecified atom stereocenters. The van der Waals surface area contributed by atoms with Crippen LogP contribution in [0.4, 0.5) is 5.00 Å². The van der Waals surface area contributed by atoms with Gasteiger partial charge in [0.15, 0.2) is 0 Å².